The molecule has 0 heterocycles. The number of hydrogen-bond donors (Lipinski definition) is 0. The highest BCUT2D eigenvalue weighted by molar-refractivity contribution is 5.85. The molecule has 2 rings (SSSR count). The standard InChI is InChI=1S/C17H25NO2/c1-12-8-9-13(2)15(10-12)18-11-14-6-5-7-16(19-3)17(14)20-4/h5-7,11-13,15H,8-10H2,1-4H3. The van der Waals surface area contributed by atoms with E-state index in [0.29, 0.717) is 12.0 Å². The second kappa shape index (κ2) is 6.78. The molecule has 0 bridgehead atoms. The lowest BCUT2D eigenvalue weighted by Crippen LogP contribution is -2.25. The second-order valence-electron chi connectivity index (χ2n) is 5.82. The van der Waals surface area contributed by atoms with Gasteiger partial charge in [-0.2, -0.15) is 0 Å². The Bertz CT molecular complexity index is 470. The van der Waals surface area contributed by atoms with E-state index in [2.05, 4.69) is 13.8 Å². The minimum absolute atomic E-state index is 0.426. The lowest BCUT2D eigenvalue weighted by atomic mass is 9.80. The van der Waals surface area contributed by atoms with Crippen molar-refractivity contribution < 1.29 is 9.47 Å². The molecule has 3 unspecified atom stereocenters. The molecule has 1 fully saturated rings. The normalized spacial score (nSPS) is 26.7. The van der Waals surface area contributed by atoms with Gasteiger partial charge in [0.15, 0.2) is 11.5 Å². The Balaban J connectivity index is 2.18. The van der Waals surface area contributed by atoms with Gasteiger partial charge in [-0.05, 0) is 36.8 Å². The number of rotatable bonds is 4. The van der Waals surface area contributed by atoms with Gasteiger partial charge < -0.3 is 9.47 Å². The van der Waals surface area contributed by atoms with Crippen molar-refractivity contribution in [1.29, 1.82) is 0 Å². The summed E-state index contributed by atoms with van der Waals surface area (Å²) >= 11 is 0. The lowest BCUT2D eigenvalue weighted by Gasteiger charge is -2.29. The van der Waals surface area contributed by atoms with Crippen molar-refractivity contribution in [3.63, 3.8) is 0 Å². The Morgan fingerprint density at radius 3 is 2.65 bits per heavy atom. The Morgan fingerprint density at radius 2 is 1.95 bits per heavy atom. The van der Waals surface area contributed by atoms with Crippen LogP contribution in [0.1, 0.15) is 38.7 Å². The molecule has 1 saturated carbocycles. The first kappa shape index (κ1) is 14.9. The molecule has 0 aliphatic heterocycles. The molecule has 0 N–H and O–H groups in total. The van der Waals surface area contributed by atoms with Crippen LogP contribution in [0.25, 0.3) is 0 Å². The summed E-state index contributed by atoms with van der Waals surface area (Å²) in [6.45, 7) is 4.62. The van der Waals surface area contributed by atoms with Gasteiger partial charge in [-0.3, -0.25) is 4.99 Å². The number of aliphatic imine (C=N–C) groups is 1. The highest BCUT2D eigenvalue weighted by Crippen LogP contribution is 2.32. The van der Waals surface area contributed by atoms with Gasteiger partial charge in [0.05, 0.1) is 20.3 Å². The third-order valence-electron chi connectivity index (χ3n) is 4.25. The first-order valence-corrected chi connectivity index (χ1v) is 7.39. The molecule has 0 aromatic heterocycles. The number of para-hydroxylation sites is 1. The molecule has 0 saturated heterocycles. The van der Waals surface area contributed by atoms with Gasteiger partial charge in [0.2, 0.25) is 0 Å². The van der Waals surface area contributed by atoms with Gasteiger partial charge in [-0.15, -0.1) is 0 Å². The Labute approximate surface area is 122 Å². The first-order valence-electron chi connectivity index (χ1n) is 7.39. The Kier molecular flexibility index (Phi) is 5.05. The maximum absolute atomic E-state index is 5.44. The monoisotopic (exact) mass is 275 g/mol. The maximum atomic E-state index is 5.44. The number of benzene rings is 1. The average molecular weight is 275 g/mol. The molecular weight excluding hydrogens is 250 g/mol. The van der Waals surface area contributed by atoms with E-state index in [0.717, 1.165) is 23.0 Å². The summed E-state index contributed by atoms with van der Waals surface area (Å²) in [7, 11) is 3.32. The summed E-state index contributed by atoms with van der Waals surface area (Å²) < 4.78 is 10.8. The van der Waals surface area contributed by atoms with Crippen LogP contribution in [0.5, 0.6) is 11.5 Å². The molecule has 1 aromatic carbocycles. The minimum Gasteiger partial charge on any atom is -0.493 e. The quantitative estimate of drug-likeness (QED) is 0.779. The fourth-order valence-corrected chi connectivity index (χ4v) is 2.90. The van der Waals surface area contributed by atoms with Crippen LogP contribution in [0, 0.1) is 11.8 Å². The van der Waals surface area contributed by atoms with E-state index in [4.69, 9.17) is 14.5 Å². The van der Waals surface area contributed by atoms with Gasteiger partial charge in [0, 0.05) is 11.8 Å². The van der Waals surface area contributed by atoms with E-state index in [1.165, 1.54) is 19.3 Å². The molecular formula is C17H25NO2. The van der Waals surface area contributed by atoms with Crippen molar-refractivity contribution in [2.24, 2.45) is 16.8 Å². The molecule has 1 aromatic rings. The maximum Gasteiger partial charge on any atom is 0.169 e. The van der Waals surface area contributed by atoms with Gasteiger partial charge >= 0.3 is 0 Å². The number of hydrogen-bond acceptors (Lipinski definition) is 3. The molecule has 110 valence electrons. The topological polar surface area (TPSA) is 30.8 Å². The molecule has 1 aliphatic carbocycles. The van der Waals surface area contributed by atoms with E-state index < -0.39 is 0 Å². The van der Waals surface area contributed by atoms with Crippen molar-refractivity contribution in [2.45, 2.75) is 39.2 Å². The van der Waals surface area contributed by atoms with E-state index in [-0.39, 0.29) is 0 Å². The fourth-order valence-electron chi connectivity index (χ4n) is 2.90. The van der Waals surface area contributed by atoms with E-state index in [9.17, 15) is 0 Å². The van der Waals surface area contributed by atoms with Crippen molar-refractivity contribution in [3.05, 3.63) is 23.8 Å². The van der Waals surface area contributed by atoms with Crippen molar-refractivity contribution in [3.8, 4) is 11.5 Å². The fraction of sp³-hybridized carbons (Fsp3) is 0.588. The number of methoxy groups -OCH3 is 2. The van der Waals surface area contributed by atoms with Crippen LogP contribution in [0.15, 0.2) is 23.2 Å². The highest BCUT2D eigenvalue weighted by atomic mass is 16.5. The van der Waals surface area contributed by atoms with Crippen molar-refractivity contribution >= 4 is 6.21 Å². The third-order valence-corrected chi connectivity index (χ3v) is 4.25. The van der Waals surface area contributed by atoms with Crippen LogP contribution >= 0.6 is 0 Å². The molecule has 3 nitrogen and oxygen atoms in total. The molecule has 0 radical (unpaired) electrons. The predicted octanol–water partition coefficient (Wildman–Crippen LogP) is 3.95. The van der Waals surface area contributed by atoms with Crippen molar-refractivity contribution in [2.75, 3.05) is 14.2 Å². The summed E-state index contributed by atoms with van der Waals surface area (Å²) in [6.07, 6.45) is 5.73. The zero-order valence-corrected chi connectivity index (χ0v) is 12.9. The number of ether oxygens (including phenoxy) is 2. The van der Waals surface area contributed by atoms with Gasteiger partial charge in [-0.1, -0.05) is 26.3 Å². The highest BCUT2D eigenvalue weighted by Gasteiger charge is 2.24. The summed E-state index contributed by atoms with van der Waals surface area (Å²) in [5.41, 5.74) is 0.984. The van der Waals surface area contributed by atoms with Crippen LogP contribution in [0.4, 0.5) is 0 Å². The lowest BCUT2D eigenvalue weighted by molar-refractivity contribution is 0.268. The zero-order chi connectivity index (χ0) is 14.5. The Hall–Kier alpha value is -1.51. The van der Waals surface area contributed by atoms with Crippen LogP contribution in [0.3, 0.4) is 0 Å². The molecule has 3 atom stereocenters. The Morgan fingerprint density at radius 1 is 1.15 bits per heavy atom. The van der Waals surface area contributed by atoms with E-state index >= 15 is 0 Å². The predicted molar refractivity (Wildman–Crippen MR) is 83.1 cm³/mol. The zero-order valence-electron chi connectivity index (χ0n) is 12.9. The van der Waals surface area contributed by atoms with Crippen LogP contribution in [-0.2, 0) is 0 Å². The molecule has 20 heavy (non-hydrogen) atoms. The van der Waals surface area contributed by atoms with Crippen LogP contribution < -0.4 is 9.47 Å². The molecule has 1 aliphatic rings. The van der Waals surface area contributed by atoms with Crippen molar-refractivity contribution in [1.82, 2.24) is 0 Å². The third kappa shape index (κ3) is 3.33. The van der Waals surface area contributed by atoms with E-state index in [1.807, 2.05) is 24.4 Å². The van der Waals surface area contributed by atoms with Gasteiger partial charge in [0.25, 0.3) is 0 Å². The summed E-state index contributed by atoms with van der Waals surface area (Å²) in [5.74, 6) is 2.95. The second-order valence-corrected chi connectivity index (χ2v) is 5.82. The summed E-state index contributed by atoms with van der Waals surface area (Å²) in [4.78, 5) is 4.81. The van der Waals surface area contributed by atoms with Gasteiger partial charge in [0.1, 0.15) is 0 Å². The molecule has 0 spiro atoms. The largest absolute Gasteiger partial charge is 0.493 e. The minimum atomic E-state index is 0.426. The van der Waals surface area contributed by atoms with E-state index in [1.54, 1.807) is 14.2 Å². The average Bonchev–Trinajstić information content (AvgIpc) is 2.47. The van der Waals surface area contributed by atoms with Gasteiger partial charge in [-0.25, -0.2) is 0 Å². The SMILES string of the molecule is COc1cccc(C=NC2CC(C)CCC2C)c1OC. The van der Waals surface area contributed by atoms with Crippen LogP contribution in [-0.4, -0.2) is 26.5 Å². The smallest absolute Gasteiger partial charge is 0.169 e. The summed E-state index contributed by atoms with van der Waals surface area (Å²) in [6, 6.07) is 6.31. The number of nitrogens with zero attached hydrogens (tertiary/aromatic N) is 1. The van der Waals surface area contributed by atoms with Crippen LogP contribution in [0.2, 0.25) is 0 Å². The molecule has 0 amide bonds. The molecule has 3 heteroatoms. The summed E-state index contributed by atoms with van der Waals surface area (Å²) in [5, 5.41) is 0. The first-order chi connectivity index (χ1) is 9.65.